The van der Waals surface area contributed by atoms with Crippen LogP contribution in [0.1, 0.15) is 43.2 Å². The van der Waals surface area contributed by atoms with Crippen molar-refractivity contribution in [2.75, 3.05) is 7.11 Å². The predicted octanol–water partition coefficient (Wildman–Crippen LogP) is 6.08. The maximum absolute atomic E-state index is 13.0. The Labute approximate surface area is 206 Å². The Hall–Kier alpha value is -2.09. The molecule has 5 nitrogen and oxygen atoms in total. The van der Waals surface area contributed by atoms with Crippen LogP contribution in [0.2, 0.25) is 5.02 Å². The minimum atomic E-state index is -0.0582. The SMILES string of the molecule is COc1ccc(/C=C2/NC(=S)N(C3CCCCC3)C2=O)cc1COc1ccc(Br)cc1Cl. The number of benzene rings is 2. The number of ether oxygens (including phenoxy) is 2. The summed E-state index contributed by atoms with van der Waals surface area (Å²) in [5, 5.41) is 4.12. The Bertz CT molecular complexity index is 1070. The van der Waals surface area contributed by atoms with Crippen LogP contribution in [0.4, 0.5) is 0 Å². The van der Waals surface area contributed by atoms with Crippen LogP contribution in [-0.2, 0) is 11.4 Å². The van der Waals surface area contributed by atoms with Crippen LogP contribution in [0.3, 0.4) is 0 Å². The van der Waals surface area contributed by atoms with Gasteiger partial charge in [-0.3, -0.25) is 9.69 Å². The van der Waals surface area contributed by atoms with Crippen molar-refractivity contribution in [2.24, 2.45) is 0 Å². The zero-order chi connectivity index (χ0) is 22.7. The van der Waals surface area contributed by atoms with Crippen molar-refractivity contribution in [1.29, 1.82) is 0 Å². The number of nitrogens with zero attached hydrogens (tertiary/aromatic N) is 1. The van der Waals surface area contributed by atoms with Gasteiger partial charge in [0.2, 0.25) is 0 Å². The van der Waals surface area contributed by atoms with Crippen LogP contribution < -0.4 is 14.8 Å². The molecule has 1 saturated carbocycles. The van der Waals surface area contributed by atoms with Gasteiger partial charge in [0.25, 0.3) is 5.91 Å². The second-order valence-electron chi connectivity index (χ2n) is 7.89. The smallest absolute Gasteiger partial charge is 0.276 e. The van der Waals surface area contributed by atoms with Crippen LogP contribution in [0.5, 0.6) is 11.5 Å². The van der Waals surface area contributed by atoms with E-state index in [0.29, 0.717) is 27.3 Å². The lowest BCUT2D eigenvalue weighted by Crippen LogP contribution is -2.41. The van der Waals surface area contributed by atoms with Gasteiger partial charge in [0.1, 0.15) is 23.8 Å². The molecule has 0 radical (unpaired) electrons. The Morgan fingerprint density at radius 1 is 1.19 bits per heavy atom. The van der Waals surface area contributed by atoms with Crippen molar-refractivity contribution in [2.45, 2.75) is 44.8 Å². The summed E-state index contributed by atoms with van der Waals surface area (Å²) >= 11 is 15.1. The lowest BCUT2D eigenvalue weighted by molar-refractivity contribution is -0.124. The fraction of sp³-hybridized carbons (Fsp3) is 0.333. The van der Waals surface area contributed by atoms with Crippen molar-refractivity contribution in [3.8, 4) is 11.5 Å². The molecule has 1 heterocycles. The summed E-state index contributed by atoms with van der Waals surface area (Å²) in [6.45, 7) is 0.273. The molecule has 2 aromatic carbocycles. The number of nitrogens with one attached hydrogen (secondary N) is 1. The minimum Gasteiger partial charge on any atom is -0.496 e. The molecular weight excluding hydrogens is 512 g/mol. The molecule has 0 spiro atoms. The first-order valence-corrected chi connectivity index (χ1v) is 12.1. The highest BCUT2D eigenvalue weighted by atomic mass is 79.9. The number of methoxy groups -OCH3 is 1. The van der Waals surface area contributed by atoms with E-state index >= 15 is 0 Å². The molecular formula is C24H24BrClN2O3S. The molecule has 2 aliphatic rings. The Balaban J connectivity index is 1.53. The molecule has 4 rings (SSSR count). The third kappa shape index (κ3) is 5.11. The van der Waals surface area contributed by atoms with Crippen molar-refractivity contribution in [3.63, 3.8) is 0 Å². The van der Waals surface area contributed by atoms with Crippen molar-refractivity contribution in [1.82, 2.24) is 10.2 Å². The summed E-state index contributed by atoms with van der Waals surface area (Å²) in [5.74, 6) is 1.23. The number of rotatable bonds is 6. The van der Waals surface area contributed by atoms with Gasteiger partial charge in [0, 0.05) is 16.1 Å². The van der Waals surface area contributed by atoms with Crippen LogP contribution in [-0.4, -0.2) is 29.1 Å². The zero-order valence-electron chi connectivity index (χ0n) is 17.7. The largest absolute Gasteiger partial charge is 0.496 e. The molecule has 1 aliphatic heterocycles. The average Bonchev–Trinajstić information content (AvgIpc) is 3.06. The lowest BCUT2D eigenvalue weighted by atomic mass is 9.94. The molecule has 1 saturated heterocycles. The van der Waals surface area contributed by atoms with E-state index in [9.17, 15) is 4.79 Å². The van der Waals surface area contributed by atoms with E-state index in [-0.39, 0.29) is 18.6 Å². The van der Waals surface area contributed by atoms with E-state index in [1.54, 1.807) is 18.1 Å². The Morgan fingerprint density at radius 2 is 1.94 bits per heavy atom. The summed E-state index contributed by atoms with van der Waals surface area (Å²) in [7, 11) is 1.62. The number of carbonyl (C=O) groups excluding carboxylic acids is 1. The average molecular weight is 536 g/mol. The third-order valence-electron chi connectivity index (χ3n) is 5.74. The molecule has 1 aliphatic carbocycles. The van der Waals surface area contributed by atoms with E-state index in [1.807, 2.05) is 36.4 Å². The molecule has 0 bridgehead atoms. The van der Waals surface area contributed by atoms with Crippen LogP contribution in [0.25, 0.3) is 6.08 Å². The van der Waals surface area contributed by atoms with Gasteiger partial charge in [-0.1, -0.05) is 52.9 Å². The Morgan fingerprint density at radius 3 is 2.66 bits per heavy atom. The number of amides is 1. The number of hydrogen-bond acceptors (Lipinski definition) is 4. The number of hydrogen-bond donors (Lipinski definition) is 1. The second-order valence-corrected chi connectivity index (χ2v) is 9.60. The maximum atomic E-state index is 13.0. The first kappa shape index (κ1) is 23.1. The van der Waals surface area contributed by atoms with Gasteiger partial charge in [-0.15, -0.1) is 0 Å². The molecule has 2 aromatic rings. The van der Waals surface area contributed by atoms with Gasteiger partial charge >= 0.3 is 0 Å². The van der Waals surface area contributed by atoms with E-state index in [2.05, 4.69) is 21.2 Å². The van der Waals surface area contributed by atoms with Crippen molar-refractivity contribution >= 4 is 56.8 Å². The molecule has 2 fully saturated rings. The quantitative estimate of drug-likeness (QED) is 0.359. The predicted molar refractivity (Wildman–Crippen MR) is 134 cm³/mol. The van der Waals surface area contributed by atoms with Crippen LogP contribution >= 0.6 is 39.7 Å². The van der Waals surface area contributed by atoms with Gasteiger partial charge in [-0.05, 0) is 67.0 Å². The van der Waals surface area contributed by atoms with Crippen molar-refractivity contribution in [3.05, 3.63) is 62.7 Å². The van der Waals surface area contributed by atoms with Gasteiger partial charge < -0.3 is 14.8 Å². The number of halogens is 2. The highest BCUT2D eigenvalue weighted by Crippen LogP contribution is 2.31. The number of carbonyl (C=O) groups is 1. The fourth-order valence-electron chi connectivity index (χ4n) is 4.14. The first-order valence-electron chi connectivity index (χ1n) is 10.6. The standard InChI is InChI=1S/C24H24BrClN2O3S/c1-30-21-9-7-15(11-16(21)14-31-22-10-8-17(25)13-19(22)26)12-20-23(29)28(24(32)27-20)18-5-3-2-4-6-18/h7-13,18H,2-6,14H2,1H3,(H,27,32)/b20-12+. The first-order chi connectivity index (χ1) is 15.5. The summed E-state index contributed by atoms with van der Waals surface area (Å²) < 4.78 is 12.3. The van der Waals surface area contributed by atoms with Crippen molar-refractivity contribution < 1.29 is 14.3 Å². The van der Waals surface area contributed by atoms with Gasteiger partial charge in [-0.2, -0.15) is 0 Å². The molecule has 8 heteroatoms. The summed E-state index contributed by atoms with van der Waals surface area (Å²) in [4.78, 5) is 14.8. The molecule has 1 amide bonds. The van der Waals surface area contributed by atoms with Gasteiger partial charge in [0.05, 0.1) is 12.1 Å². The topological polar surface area (TPSA) is 50.8 Å². The zero-order valence-corrected chi connectivity index (χ0v) is 20.9. The normalized spacial score (nSPS) is 18.2. The van der Waals surface area contributed by atoms with E-state index < -0.39 is 0 Å². The van der Waals surface area contributed by atoms with E-state index in [4.69, 9.17) is 33.3 Å². The van der Waals surface area contributed by atoms with E-state index in [0.717, 1.165) is 41.3 Å². The molecule has 0 aromatic heterocycles. The molecule has 1 N–H and O–H groups in total. The Kier molecular flexibility index (Phi) is 7.38. The summed E-state index contributed by atoms with van der Waals surface area (Å²) in [5.41, 5.74) is 2.20. The monoisotopic (exact) mass is 534 g/mol. The lowest BCUT2D eigenvalue weighted by Gasteiger charge is -2.29. The van der Waals surface area contributed by atoms with Gasteiger partial charge in [0.15, 0.2) is 5.11 Å². The van der Waals surface area contributed by atoms with Crippen LogP contribution in [0.15, 0.2) is 46.6 Å². The van der Waals surface area contributed by atoms with E-state index in [1.165, 1.54) is 6.42 Å². The maximum Gasteiger partial charge on any atom is 0.276 e. The van der Waals surface area contributed by atoms with Crippen LogP contribution in [0, 0.1) is 0 Å². The molecule has 168 valence electrons. The molecule has 0 atom stereocenters. The highest BCUT2D eigenvalue weighted by Gasteiger charge is 2.36. The third-order valence-corrected chi connectivity index (χ3v) is 6.83. The highest BCUT2D eigenvalue weighted by molar-refractivity contribution is 9.10. The minimum absolute atomic E-state index is 0.0582. The fourth-order valence-corrected chi connectivity index (χ4v) is 5.21. The van der Waals surface area contributed by atoms with Gasteiger partial charge in [-0.25, -0.2) is 0 Å². The second kappa shape index (κ2) is 10.2. The molecule has 0 unspecified atom stereocenters. The summed E-state index contributed by atoms with van der Waals surface area (Å²) in [6.07, 6.45) is 7.34. The summed E-state index contributed by atoms with van der Waals surface area (Å²) in [6, 6.07) is 11.4. The molecule has 32 heavy (non-hydrogen) atoms. The number of thiocarbonyl (C=S) groups is 1.